The first-order valence-corrected chi connectivity index (χ1v) is 13.9. The van der Waals surface area contributed by atoms with Gasteiger partial charge in [0.15, 0.2) is 0 Å². The van der Waals surface area contributed by atoms with E-state index in [4.69, 9.17) is 4.98 Å². The molecule has 3 aromatic rings. The summed E-state index contributed by atoms with van der Waals surface area (Å²) >= 11 is 0. The van der Waals surface area contributed by atoms with Gasteiger partial charge in [0, 0.05) is 43.6 Å². The molecule has 6 rings (SSSR count). The summed E-state index contributed by atoms with van der Waals surface area (Å²) in [5.74, 6) is 1.66. The van der Waals surface area contributed by atoms with E-state index in [9.17, 15) is 4.79 Å². The predicted molar refractivity (Wildman–Crippen MR) is 151 cm³/mol. The van der Waals surface area contributed by atoms with Crippen molar-refractivity contribution in [3.05, 3.63) is 72.0 Å². The van der Waals surface area contributed by atoms with Crippen LogP contribution in [-0.4, -0.2) is 52.9 Å². The summed E-state index contributed by atoms with van der Waals surface area (Å²) in [6, 6.07) is 14.7. The molecule has 3 aliphatic rings. The molecule has 4 heterocycles. The molecule has 1 amide bonds. The van der Waals surface area contributed by atoms with Gasteiger partial charge in [-0.2, -0.15) is 0 Å². The van der Waals surface area contributed by atoms with E-state index in [1.165, 1.54) is 30.5 Å². The van der Waals surface area contributed by atoms with Gasteiger partial charge >= 0.3 is 0 Å². The predicted octanol–water partition coefficient (Wildman–Crippen LogP) is 5.92. The number of anilines is 2. The van der Waals surface area contributed by atoms with Crippen molar-refractivity contribution in [2.75, 3.05) is 42.9 Å². The zero-order valence-corrected chi connectivity index (χ0v) is 21.8. The Balaban J connectivity index is 1.15. The fourth-order valence-corrected chi connectivity index (χ4v) is 6.25. The van der Waals surface area contributed by atoms with Gasteiger partial charge in [-0.05, 0) is 75.6 Å². The molecule has 0 unspecified atom stereocenters. The van der Waals surface area contributed by atoms with Crippen molar-refractivity contribution < 1.29 is 4.79 Å². The third kappa shape index (κ3) is 4.89. The second-order valence-corrected chi connectivity index (χ2v) is 10.6. The van der Waals surface area contributed by atoms with Crippen molar-refractivity contribution in [1.82, 2.24) is 14.3 Å². The Morgan fingerprint density at radius 1 is 1.03 bits per heavy atom. The number of imidazole rings is 1. The zero-order valence-electron chi connectivity index (χ0n) is 21.8. The molecule has 0 spiro atoms. The summed E-state index contributed by atoms with van der Waals surface area (Å²) in [7, 11) is 0. The number of fused-ring (bicyclic) bond motifs is 1. The number of allylic oxidation sites excluding steroid dienone is 4. The molecular formula is C31H37N5O. The van der Waals surface area contributed by atoms with E-state index < -0.39 is 0 Å². The summed E-state index contributed by atoms with van der Waals surface area (Å²) in [6.45, 7) is 6.45. The molecule has 2 saturated heterocycles. The Labute approximate surface area is 219 Å². The van der Waals surface area contributed by atoms with Crippen LogP contribution in [-0.2, 0) is 4.79 Å². The van der Waals surface area contributed by atoms with Crippen molar-refractivity contribution >= 4 is 23.1 Å². The second kappa shape index (κ2) is 10.4. The van der Waals surface area contributed by atoms with Gasteiger partial charge in [-0.25, -0.2) is 4.98 Å². The van der Waals surface area contributed by atoms with Gasteiger partial charge in [0.2, 0.25) is 5.91 Å². The standard InChI is InChI=1S/C31H37N5O/c1-23-8-2-3-9-27(23)24-15-20-35(21-16-24)29(37)22-32-31-30(33-28-10-4-5-19-36(28)31)25-11-13-26(14-12-25)34-17-6-7-18-34/h2,4-5,8,10-14,19,24,32H,3,6-7,9,15-18,20-22H2,1H3. The van der Waals surface area contributed by atoms with Crippen LogP contribution in [0.3, 0.4) is 0 Å². The Morgan fingerprint density at radius 2 is 1.81 bits per heavy atom. The van der Waals surface area contributed by atoms with E-state index in [2.05, 4.69) is 58.0 Å². The van der Waals surface area contributed by atoms with E-state index in [0.717, 1.165) is 68.2 Å². The number of carbonyl (C=O) groups excluding carboxylic acids is 1. The van der Waals surface area contributed by atoms with Gasteiger partial charge in [0.1, 0.15) is 17.2 Å². The normalized spacial score (nSPS) is 18.7. The van der Waals surface area contributed by atoms with E-state index in [0.29, 0.717) is 5.92 Å². The van der Waals surface area contributed by atoms with Gasteiger partial charge < -0.3 is 15.1 Å². The highest BCUT2D eigenvalue weighted by molar-refractivity contribution is 5.84. The zero-order chi connectivity index (χ0) is 25.2. The second-order valence-electron chi connectivity index (χ2n) is 10.6. The van der Waals surface area contributed by atoms with Gasteiger partial charge in [0.25, 0.3) is 0 Å². The average Bonchev–Trinajstić information content (AvgIpc) is 3.61. The molecule has 37 heavy (non-hydrogen) atoms. The quantitative estimate of drug-likeness (QED) is 0.461. The number of hydrogen-bond acceptors (Lipinski definition) is 4. The van der Waals surface area contributed by atoms with Crippen LogP contribution < -0.4 is 10.2 Å². The number of likely N-dealkylation sites (tertiary alicyclic amines) is 1. The van der Waals surface area contributed by atoms with Gasteiger partial charge in [0.05, 0.1) is 6.54 Å². The maximum Gasteiger partial charge on any atom is 0.241 e. The van der Waals surface area contributed by atoms with Gasteiger partial charge in [-0.15, -0.1) is 0 Å². The summed E-state index contributed by atoms with van der Waals surface area (Å²) in [5, 5.41) is 3.46. The van der Waals surface area contributed by atoms with Crippen LogP contribution in [0.4, 0.5) is 11.5 Å². The minimum absolute atomic E-state index is 0.161. The lowest BCUT2D eigenvalue weighted by Crippen LogP contribution is -2.41. The summed E-state index contributed by atoms with van der Waals surface area (Å²) in [5.41, 5.74) is 7.14. The molecule has 2 aromatic heterocycles. The summed E-state index contributed by atoms with van der Waals surface area (Å²) in [6.07, 6.45) is 13.6. The first-order chi connectivity index (χ1) is 18.2. The lowest BCUT2D eigenvalue weighted by molar-refractivity contribution is -0.130. The Bertz CT molecular complexity index is 1320. The fourth-order valence-electron chi connectivity index (χ4n) is 6.25. The van der Waals surface area contributed by atoms with Crippen molar-refractivity contribution in [2.24, 2.45) is 5.92 Å². The molecule has 192 valence electrons. The van der Waals surface area contributed by atoms with E-state index >= 15 is 0 Å². The van der Waals surface area contributed by atoms with Gasteiger partial charge in [-0.1, -0.05) is 41.5 Å². The molecule has 2 fully saturated rings. The molecule has 0 bridgehead atoms. The number of rotatable bonds is 6. The number of amides is 1. The topological polar surface area (TPSA) is 52.9 Å². The Hall–Kier alpha value is -3.54. The maximum atomic E-state index is 13.2. The molecule has 1 N–H and O–H groups in total. The highest BCUT2D eigenvalue weighted by atomic mass is 16.2. The monoisotopic (exact) mass is 495 g/mol. The fraction of sp³-hybridized carbons (Fsp3) is 0.419. The number of nitrogens with one attached hydrogen (secondary N) is 1. The van der Waals surface area contributed by atoms with Crippen LogP contribution in [0.15, 0.2) is 72.0 Å². The molecule has 2 aliphatic heterocycles. The van der Waals surface area contributed by atoms with Crippen LogP contribution in [0, 0.1) is 5.92 Å². The number of piperidine rings is 1. The molecule has 0 atom stereocenters. The highest BCUT2D eigenvalue weighted by Gasteiger charge is 2.26. The van der Waals surface area contributed by atoms with Crippen molar-refractivity contribution in [3.8, 4) is 11.3 Å². The first-order valence-electron chi connectivity index (χ1n) is 13.9. The van der Waals surface area contributed by atoms with Crippen LogP contribution in [0.2, 0.25) is 0 Å². The lowest BCUT2D eigenvalue weighted by Gasteiger charge is -2.34. The molecule has 6 heteroatoms. The van der Waals surface area contributed by atoms with Crippen molar-refractivity contribution in [3.63, 3.8) is 0 Å². The van der Waals surface area contributed by atoms with Crippen molar-refractivity contribution in [1.29, 1.82) is 0 Å². The number of carbonyl (C=O) groups is 1. The highest BCUT2D eigenvalue weighted by Crippen LogP contribution is 2.33. The van der Waals surface area contributed by atoms with Crippen LogP contribution in [0.1, 0.15) is 45.4 Å². The van der Waals surface area contributed by atoms with Crippen LogP contribution in [0.25, 0.3) is 16.9 Å². The summed E-state index contributed by atoms with van der Waals surface area (Å²) in [4.78, 5) is 22.6. The number of nitrogens with zero attached hydrogens (tertiary/aromatic N) is 4. The SMILES string of the molecule is CC1=C(C2CCN(C(=O)CNc3c(-c4ccc(N5CCCC5)cc4)nc4ccccn34)CC2)CCC=C1. The molecular weight excluding hydrogens is 458 g/mol. The molecule has 1 aromatic carbocycles. The van der Waals surface area contributed by atoms with E-state index in [1.54, 1.807) is 5.57 Å². The number of aromatic nitrogens is 2. The number of pyridine rings is 1. The number of benzene rings is 1. The Kier molecular flexibility index (Phi) is 6.73. The van der Waals surface area contributed by atoms with Crippen molar-refractivity contribution in [2.45, 2.75) is 45.4 Å². The minimum atomic E-state index is 0.161. The third-order valence-corrected chi connectivity index (χ3v) is 8.34. The molecule has 0 radical (unpaired) electrons. The lowest BCUT2D eigenvalue weighted by atomic mass is 9.82. The van der Waals surface area contributed by atoms with Gasteiger partial charge in [-0.3, -0.25) is 9.20 Å². The maximum absolute atomic E-state index is 13.2. The third-order valence-electron chi connectivity index (χ3n) is 8.34. The summed E-state index contributed by atoms with van der Waals surface area (Å²) < 4.78 is 2.05. The Morgan fingerprint density at radius 3 is 2.57 bits per heavy atom. The largest absolute Gasteiger partial charge is 0.372 e. The number of hydrogen-bond donors (Lipinski definition) is 1. The van der Waals surface area contributed by atoms with E-state index in [1.807, 2.05) is 29.3 Å². The molecule has 6 nitrogen and oxygen atoms in total. The average molecular weight is 496 g/mol. The molecule has 0 saturated carbocycles. The smallest absolute Gasteiger partial charge is 0.241 e. The molecule has 1 aliphatic carbocycles. The van der Waals surface area contributed by atoms with E-state index in [-0.39, 0.29) is 12.5 Å². The van der Waals surface area contributed by atoms with Crippen LogP contribution >= 0.6 is 0 Å². The minimum Gasteiger partial charge on any atom is -0.372 e. The van der Waals surface area contributed by atoms with Crippen LogP contribution in [0.5, 0.6) is 0 Å². The first kappa shape index (κ1) is 23.8.